The number of nitrogen functional groups attached to an aromatic ring is 1. The van der Waals surface area contributed by atoms with Crippen molar-refractivity contribution in [2.24, 2.45) is 0 Å². The van der Waals surface area contributed by atoms with E-state index in [0.717, 1.165) is 19.4 Å². The zero-order valence-corrected chi connectivity index (χ0v) is 12.1. The first kappa shape index (κ1) is 14.9. The van der Waals surface area contributed by atoms with Gasteiger partial charge in [0.05, 0.1) is 0 Å². The zero-order valence-electron chi connectivity index (χ0n) is 11.3. The number of amides is 1. The van der Waals surface area contributed by atoms with Crippen molar-refractivity contribution >= 4 is 22.4 Å². The van der Waals surface area contributed by atoms with Crippen molar-refractivity contribution in [3.63, 3.8) is 0 Å². The number of anilines is 1. The lowest BCUT2D eigenvalue weighted by Gasteiger charge is -2.20. The molecule has 0 fully saturated rings. The Morgan fingerprint density at radius 2 is 2.28 bits per heavy atom. The molecule has 1 rings (SSSR count). The number of aromatic nitrogens is 1. The molecule has 3 N–H and O–H groups in total. The quantitative estimate of drug-likeness (QED) is 0.738. The summed E-state index contributed by atoms with van der Waals surface area (Å²) in [7, 11) is 2.11. The average Bonchev–Trinajstić information content (AvgIpc) is 2.74. The molecule has 0 aromatic carbocycles. The largest absolute Gasteiger partial charge is 0.375 e. The number of carbonyl (C=O) groups is 1. The van der Waals surface area contributed by atoms with Crippen LogP contribution < -0.4 is 11.1 Å². The Morgan fingerprint density at radius 3 is 2.83 bits per heavy atom. The van der Waals surface area contributed by atoms with E-state index in [9.17, 15) is 4.79 Å². The molecule has 5 nitrogen and oxygen atoms in total. The van der Waals surface area contributed by atoms with Crippen LogP contribution in [0.1, 0.15) is 37.2 Å². The Kier molecular flexibility index (Phi) is 6.07. The standard InChI is InChI=1S/C12H22N4OS/c1-9(2)16(3)7-5-4-6-14-11(17)10-8-18-12(13)15-10/h8-9H,4-7H2,1-3H3,(H2,13,15)(H,14,17). The second-order valence-corrected chi connectivity index (χ2v) is 5.50. The Morgan fingerprint density at radius 1 is 1.56 bits per heavy atom. The van der Waals surface area contributed by atoms with Gasteiger partial charge in [0.25, 0.3) is 5.91 Å². The number of nitrogens with one attached hydrogen (secondary N) is 1. The molecule has 0 spiro atoms. The Hall–Kier alpha value is -1.14. The first-order chi connectivity index (χ1) is 8.50. The van der Waals surface area contributed by atoms with Crippen LogP contribution in [0.5, 0.6) is 0 Å². The summed E-state index contributed by atoms with van der Waals surface area (Å²) >= 11 is 1.28. The summed E-state index contributed by atoms with van der Waals surface area (Å²) in [6.07, 6.45) is 2.05. The van der Waals surface area contributed by atoms with Gasteiger partial charge in [0.2, 0.25) is 0 Å². The van der Waals surface area contributed by atoms with Gasteiger partial charge >= 0.3 is 0 Å². The van der Waals surface area contributed by atoms with Crippen LogP contribution in [0, 0.1) is 0 Å². The fourth-order valence-corrected chi connectivity index (χ4v) is 1.97. The van der Waals surface area contributed by atoms with Crippen LogP contribution >= 0.6 is 11.3 Å². The maximum atomic E-state index is 11.6. The molecule has 0 unspecified atom stereocenters. The highest BCUT2D eigenvalue weighted by molar-refractivity contribution is 7.13. The van der Waals surface area contributed by atoms with Crippen molar-refractivity contribution in [2.45, 2.75) is 32.7 Å². The molecule has 6 heteroatoms. The summed E-state index contributed by atoms with van der Waals surface area (Å²) in [5, 5.41) is 4.95. The summed E-state index contributed by atoms with van der Waals surface area (Å²) in [6.45, 7) is 6.09. The molecule has 0 atom stereocenters. The third kappa shape index (κ3) is 5.01. The normalized spacial score (nSPS) is 11.2. The molecule has 0 aliphatic carbocycles. The van der Waals surface area contributed by atoms with Crippen LogP contribution in [0.15, 0.2) is 5.38 Å². The van der Waals surface area contributed by atoms with Crippen LogP contribution in [-0.4, -0.2) is 42.0 Å². The minimum Gasteiger partial charge on any atom is -0.375 e. The van der Waals surface area contributed by atoms with Gasteiger partial charge in [0.1, 0.15) is 5.69 Å². The molecule has 1 aromatic rings. The molecule has 0 aliphatic heterocycles. The van der Waals surface area contributed by atoms with Crippen LogP contribution in [0.2, 0.25) is 0 Å². The van der Waals surface area contributed by atoms with Crippen LogP contribution in [0.25, 0.3) is 0 Å². The Bertz CT molecular complexity index is 378. The lowest BCUT2D eigenvalue weighted by molar-refractivity contribution is 0.0948. The van der Waals surface area contributed by atoms with Crippen molar-refractivity contribution in [3.8, 4) is 0 Å². The van der Waals surface area contributed by atoms with Gasteiger partial charge in [-0.05, 0) is 40.3 Å². The lowest BCUT2D eigenvalue weighted by Crippen LogP contribution is -2.29. The number of carbonyl (C=O) groups excluding carboxylic acids is 1. The lowest BCUT2D eigenvalue weighted by atomic mass is 10.2. The number of unbranched alkanes of at least 4 members (excludes halogenated alkanes) is 1. The van der Waals surface area contributed by atoms with Crippen molar-refractivity contribution in [3.05, 3.63) is 11.1 Å². The van der Waals surface area contributed by atoms with Gasteiger partial charge in [-0.3, -0.25) is 4.79 Å². The summed E-state index contributed by atoms with van der Waals surface area (Å²) < 4.78 is 0. The van der Waals surface area contributed by atoms with Crippen LogP contribution in [0.4, 0.5) is 5.13 Å². The minimum absolute atomic E-state index is 0.139. The van der Waals surface area contributed by atoms with Gasteiger partial charge in [-0.2, -0.15) is 0 Å². The number of nitrogens with two attached hydrogens (primary N) is 1. The fraction of sp³-hybridized carbons (Fsp3) is 0.667. The summed E-state index contributed by atoms with van der Waals surface area (Å²) in [5.74, 6) is -0.139. The molecule has 1 amide bonds. The highest BCUT2D eigenvalue weighted by Crippen LogP contribution is 2.10. The van der Waals surface area contributed by atoms with Crippen molar-refractivity contribution < 1.29 is 4.79 Å². The first-order valence-corrected chi connectivity index (χ1v) is 7.08. The van der Waals surface area contributed by atoms with Gasteiger partial charge in [0.15, 0.2) is 5.13 Å². The number of rotatable bonds is 7. The van der Waals surface area contributed by atoms with E-state index < -0.39 is 0 Å². The maximum Gasteiger partial charge on any atom is 0.270 e. The molecular formula is C12H22N4OS. The van der Waals surface area contributed by atoms with E-state index in [2.05, 4.69) is 36.1 Å². The molecule has 18 heavy (non-hydrogen) atoms. The molecule has 0 aliphatic rings. The van der Waals surface area contributed by atoms with E-state index in [-0.39, 0.29) is 5.91 Å². The predicted octanol–water partition coefficient (Wildman–Crippen LogP) is 1.58. The number of thiazole rings is 1. The SMILES string of the molecule is CC(C)N(C)CCCCNC(=O)c1csc(N)n1. The summed E-state index contributed by atoms with van der Waals surface area (Å²) in [6, 6.07) is 0.567. The zero-order chi connectivity index (χ0) is 13.5. The maximum absolute atomic E-state index is 11.6. The third-order valence-corrected chi connectivity index (χ3v) is 3.53. The molecule has 0 bridgehead atoms. The van der Waals surface area contributed by atoms with E-state index in [1.165, 1.54) is 11.3 Å². The van der Waals surface area contributed by atoms with Crippen molar-refractivity contribution in [1.82, 2.24) is 15.2 Å². The van der Waals surface area contributed by atoms with E-state index in [0.29, 0.717) is 23.4 Å². The summed E-state index contributed by atoms with van der Waals surface area (Å²) in [5.41, 5.74) is 5.89. The van der Waals surface area contributed by atoms with E-state index in [4.69, 9.17) is 5.73 Å². The molecule has 1 heterocycles. The molecular weight excluding hydrogens is 248 g/mol. The van der Waals surface area contributed by atoms with Gasteiger partial charge in [0, 0.05) is 18.0 Å². The molecule has 1 aromatic heterocycles. The number of hydrogen-bond donors (Lipinski definition) is 2. The Labute approximate surface area is 112 Å². The van der Waals surface area contributed by atoms with E-state index in [1.54, 1.807) is 5.38 Å². The minimum atomic E-state index is -0.139. The van der Waals surface area contributed by atoms with Crippen LogP contribution in [-0.2, 0) is 0 Å². The molecule has 0 saturated heterocycles. The van der Waals surface area contributed by atoms with Crippen LogP contribution in [0.3, 0.4) is 0 Å². The van der Waals surface area contributed by atoms with Crippen molar-refractivity contribution in [2.75, 3.05) is 25.9 Å². The summed E-state index contributed by atoms with van der Waals surface area (Å²) in [4.78, 5) is 17.9. The number of nitrogens with zero attached hydrogens (tertiary/aromatic N) is 2. The smallest absolute Gasteiger partial charge is 0.270 e. The van der Waals surface area contributed by atoms with E-state index >= 15 is 0 Å². The predicted molar refractivity (Wildman–Crippen MR) is 75.9 cm³/mol. The highest BCUT2D eigenvalue weighted by Gasteiger charge is 2.08. The third-order valence-electron chi connectivity index (χ3n) is 2.86. The second-order valence-electron chi connectivity index (χ2n) is 4.61. The monoisotopic (exact) mass is 270 g/mol. The van der Waals surface area contributed by atoms with Gasteiger partial charge in [-0.1, -0.05) is 0 Å². The second kappa shape index (κ2) is 7.33. The number of hydrogen-bond acceptors (Lipinski definition) is 5. The first-order valence-electron chi connectivity index (χ1n) is 6.20. The highest BCUT2D eigenvalue weighted by atomic mass is 32.1. The van der Waals surface area contributed by atoms with Gasteiger partial charge < -0.3 is 16.0 Å². The molecule has 102 valence electrons. The Balaban J connectivity index is 2.13. The van der Waals surface area contributed by atoms with Gasteiger partial charge in [-0.15, -0.1) is 11.3 Å². The molecule has 0 radical (unpaired) electrons. The van der Waals surface area contributed by atoms with Crippen molar-refractivity contribution in [1.29, 1.82) is 0 Å². The average molecular weight is 270 g/mol. The fourth-order valence-electron chi connectivity index (χ4n) is 1.43. The van der Waals surface area contributed by atoms with Gasteiger partial charge in [-0.25, -0.2) is 4.98 Å². The molecule has 0 saturated carbocycles. The van der Waals surface area contributed by atoms with E-state index in [1.807, 2.05) is 0 Å². The topological polar surface area (TPSA) is 71.2 Å².